The molecular weight excluding hydrogens is 354 g/mol. The molecule has 0 amide bonds. The highest BCUT2D eigenvalue weighted by Gasteiger charge is 2.20. The first-order valence-corrected chi connectivity index (χ1v) is 9.86. The third-order valence-corrected chi connectivity index (χ3v) is 5.18. The predicted molar refractivity (Wildman–Crippen MR) is 106 cm³/mol. The molecule has 0 N–H and O–H groups in total. The molecule has 1 saturated heterocycles. The van der Waals surface area contributed by atoms with Gasteiger partial charge in [-0.05, 0) is 18.4 Å². The van der Waals surface area contributed by atoms with Gasteiger partial charge in [0.1, 0.15) is 0 Å². The average molecular weight is 381 g/mol. The van der Waals surface area contributed by atoms with E-state index in [4.69, 9.17) is 9.05 Å². The van der Waals surface area contributed by atoms with Crippen molar-refractivity contribution in [3.05, 3.63) is 53.2 Å². The van der Waals surface area contributed by atoms with Crippen LogP contribution in [0.3, 0.4) is 0 Å². The third kappa shape index (κ3) is 4.48. The summed E-state index contributed by atoms with van der Waals surface area (Å²) < 4.78 is 10.8. The Morgan fingerprint density at radius 1 is 0.929 bits per heavy atom. The summed E-state index contributed by atoms with van der Waals surface area (Å²) in [5, 5.41) is 8.11. The number of aromatic nitrogens is 3. The molecule has 0 aliphatic carbocycles. The van der Waals surface area contributed by atoms with E-state index in [0.717, 1.165) is 49.7 Å². The minimum atomic E-state index is 0.515. The average Bonchev–Trinajstić information content (AvgIpc) is 3.32. The van der Waals surface area contributed by atoms with E-state index in [1.807, 2.05) is 13.0 Å². The Morgan fingerprint density at radius 2 is 1.61 bits per heavy atom. The van der Waals surface area contributed by atoms with E-state index in [0.29, 0.717) is 24.2 Å². The Hall–Kier alpha value is -2.51. The summed E-state index contributed by atoms with van der Waals surface area (Å²) in [5.74, 6) is 2.77. The molecule has 2 aromatic heterocycles. The second kappa shape index (κ2) is 8.24. The van der Waals surface area contributed by atoms with Crippen molar-refractivity contribution in [3.8, 4) is 11.4 Å². The molecule has 7 heteroatoms. The molecule has 7 nitrogen and oxygen atoms in total. The molecule has 1 aromatic carbocycles. The zero-order chi connectivity index (χ0) is 19.5. The summed E-state index contributed by atoms with van der Waals surface area (Å²) in [4.78, 5) is 9.31. The molecule has 0 bridgehead atoms. The summed E-state index contributed by atoms with van der Waals surface area (Å²) in [6, 6.07) is 10.4. The Balaban J connectivity index is 1.30. The van der Waals surface area contributed by atoms with Crippen molar-refractivity contribution in [2.45, 2.75) is 39.8 Å². The van der Waals surface area contributed by atoms with E-state index in [-0.39, 0.29) is 0 Å². The lowest BCUT2D eigenvalue weighted by Crippen LogP contribution is -2.45. The van der Waals surface area contributed by atoms with Gasteiger partial charge in [-0.15, -0.1) is 0 Å². The lowest BCUT2D eigenvalue weighted by molar-refractivity contribution is 0.105. The maximum absolute atomic E-state index is 5.49. The zero-order valence-electron chi connectivity index (χ0n) is 16.8. The fraction of sp³-hybridized carbons (Fsp3) is 0.476. The molecular formula is C21H27N5O2. The van der Waals surface area contributed by atoms with Crippen LogP contribution in [0.1, 0.15) is 42.7 Å². The van der Waals surface area contributed by atoms with Crippen LogP contribution in [-0.4, -0.2) is 51.3 Å². The quantitative estimate of drug-likeness (QED) is 0.647. The van der Waals surface area contributed by atoms with E-state index in [1.54, 1.807) is 0 Å². The molecule has 0 radical (unpaired) electrons. The van der Waals surface area contributed by atoms with E-state index in [2.05, 4.69) is 63.2 Å². The van der Waals surface area contributed by atoms with Crippen LogP contribution in [0.2, 0.25) is 0 Å². The van der Waals surface area contributed by atoms with E-state index >= 15 is 0 Å². The Labute approximate surface area is 165 Å². The number of hydrogen-bond donors (Lipinski definition) is 0. The SMILES string of the molecule is Cc1cc(CN2CCN(Cc3nc(-c4ccc(C(C)C)cc4)no3)CC2)on1. The van der Waals surface area contributed by atoms with Crippen molar-refractivity contribution >= 4 is 0 Å². The van der Waals surface area contributed by atoms with Gasteiger partial charge >= 0.3 is 0 Å². The van der Waals surface area contributed by atoms with Gasteiger partial charge in [-0.25, -0.2) is 0 Å². The molecule has 28 heavy (non-hydrogen) atoms. The van der Waals surface area contributed by atoms with Crippen LogP contribution in [-0.2, 0) is 13.1 Å². The summed E-state index contributed by atoms with van der Waals surface area (Å²) in [7, 11) is 0. The van der Waals surface area contributed by atoms with Crippen LogP contribution in [0.5, 0.6) is 0 Å². The summed E-state index contributed by atoms with van der Waals surface area (Å²) in [6.45, 7) is 11.7. The highest BCUT2D eigenvalue weighted by molar-refractivity contribution is 5.54. The van der Waals surface area contributed by atoms with Crippen LogP contribution >= 0.6 is 0 Å². The van der Waals surface area contributed by atoms with Gasteiger partial charge in [0.15, 0.2) is 5.76 Å². The van der Waals surface area contributed by atoms with Gasteiger partial charge in [0.05, 0.1) is 18.8 Å². The van der Waals surface area contributed by atoms with E-state index in [9.17, 15) is 0 Å². The minimum absolute atomic E-state index is 0.515. The lowest BCUT2D eigenvalue weighted by atomic mass is 10.0. The van der Waals surface area contributed by atoms with Crippen molar-refractivity contribution in [1.29, 1.82) is 0 Å². The van der Waals surface area contributed by atoms with Crippen LogP contribution in [0, 0.1) is 6.92 Å². The Morgan fingerprint density at radius 3 is 2.21 bits per heavy atom. The first-order chi connectivity index (χ1) is 13.6. The van der Waals surface area contributed by atoms with Crippen LogP contribution in [0.25, 0.3) is 11.4 Å². The number of aryl methyl sites for hydroxylation is 1. The number of rotatable bonds is 6. The number of piperazine rings is 1. The van der Waals surface area contributed by atoms with Crippen LogP contribution in [0.15, 0.2) is 39.4 Å². The van der Waals surface area contributed by atoms with Crippen LogP contribution < -0.4 is 0 Å². The summed E-state index contributed by atoms with van der Waals surface area (Å²) >= 11 is 0. The maximum atomic E-state index is 5.49. The third-order valence-electron chi connectivity index (χ3n) is 5.18. The van der Waals surface area contributed by atoms with Crippen molar-refractivity contribution < 1.29 is 9.05 Å². The second-order valence-electron chi connectivity index (χ2n) is 7.78. The molecule has 1 aliphatic heterocycles. The maximum Gasteiger partial charge on any atom is 0.241 e. The fourth-order valence-electron chi connectivity index (χ4n) is 3.46. The molecule has 1 aliphatic rings. The van der Waals surface area contributed by atoms with Gasteiger partial charge in [-0.3, -0.25) is 9.80 Å². The van der Waals surface area contributed by atoms with Crippen molar-refractivity contribution in [3.63, 3.8) is 0 Å². The molecule has 1 fully saturated rings. The normalized spacial score (nSPS) is 16.1. The minimum Gasteiger partial charge on any atom is -0.360 e. The lowest BCUT2D eigenvalue weighted by Gasteiger charge is -2.33. The van der Waals surface area contributed by atoms with Gasteiger partial charge in [0, 0.05) is 37.8 Å². The molecule has 0 atom stereocenters. The van der Waals surface area contributed by atoms with E-state index < -0.39 is 0 Å². The summed E-state index contributed by atoms with van der Waals surface area (Å²) in [5.41, 5.74) is 3.23. The summed E-state index contributed by atoms with van der Waals surface area (Å²) in [6.07, 6.45) is 0. The van der Waals surface area contributed by atoms with Crippen LogP contribution in [0.4, 0.5) is 0 Å². The molecule has 148 valence electrons. The molecule has 3 heterocycles. The molecule has 0 spiro atoms. The number of hydrogen-bond acceptors (Lipinski definition) is 7. The first-order valence-electron chi connectivity index (χ1n) is 9.86. The molecule has 0 saturated carbocycles. The largest absolute Gasteiger partial charge is 0.360 e. The van der Waals surface area contributed by atoms with Gasteiger partial charge in [-0.2, -0.15) is 4.98 Å². The molecule has 4 rings (SSSR count). The number of nitrogens with zero attached hydrogens (tertiary/aromatic N) is 5. The smallest absolute Gasteiger partial charge is 0.241 e. The molecule has 3 aromatic rings. The predicted octanol–water partition coefficient (Wildman–Crippen LogP) is 3.47. The number of benzene rings is 1. The topological polar surface area (TPSA) is 71.4 Å². The second-order valence-corrected chi connectivity index (χ2v) is 7.78. The van der Waals surface area contributed by atoms with Gasteiger partial charge in [0.2, 0.25) is 11.7 Å². The first kappa shape index (κ1) is 18.8. The Bertz CT molecular complexity index is 892. The van der Waals surface area contributed by atoms with Crippen molar-refractivity contribution in [2.24, 2.45) is 0 Å². The van der Waals surface area contributed by atoms with Crippen molar-refractivity contribution in [2.75, 3.05) is 26.2 Å². The van der Waals surface area contributed by atoms with Gasteiger partial charge in [0.25, 0.3) is 0 Å². The fourth-order valence-corrected chi connectivity index (χ4v) is 3.46. The monoisotopic (exact) mass is 381 g/mol. The van der Waals surface area contributed by atoms with Crippen molar-refractivity contribution in [1.82, 2.24) is 25.1 Å². The standard InChI is InChI=1S/C21H27N5O2/c1-15(2)17-4-6-18(7-5-17)21-22-20(28-24-21)14-26-10-8-25(9-11-26)13-19-12-16(3)23-27-19/h4-7,12,15H,8-11,13-14H2,1-3H3. The van der Waals surface area contributed by atoms with Gasteiger partial charge < -0.3 is 9.05 Å². The van der Waals surface area contributed by atoms with Gasteiger partial charge in [-0.1, -0.05) is 48.4 Å². The van der Waals surface area contributed by atoms with E-state index in [1.165, 1.54) is 5.56 Å². The highest BCUT2D eigenvalue weighted by Crippen LogP contribution is 2.21. The molecule has 0 unspecified atom stereocenters. The highest BCUT2D eigenvalue weighted by atomic mass is 16.5. The zero-order valence-corrected chi connectivity index (χ0v) is 16.8. The Kier molecular flexibility index (Phi) is 5.54.